The van der Waals surface area contributed by atoms with Crippen LogP contribution < -0.4 is 5.73 Å². The number of rotatable bonds is 9. The van der Waals surface area contributed by atoms with Gasteiger partial charge in [-0.05, 0) is 29.5 Å². The van der Waals surface area contributed by atoms with E-state index < -0.39 is 0 Å². The highest BCUT2D eigenvalue weighted by Crippen LogP contribution is 2.29. The van der Waals surface area contributed by atoms with Crippen LogP contribution in [-0.4, -0.2) is 0 Å². The number of nitrogen functional groups attached to an aromatic ring is 1. The molecule has 0 unspecified atom stereocenters. The zero-order chi connectivity index (χ0) is 14.1. The third-order valence-corrected chi connectivity index (χ3v) is 4.10. The highest BCUT2D eigenvalue weighted by atomic mass is 14.5. The Balaban J connectivity index is 2.25. The van der Waals surface area contributed by atoms with Crippen molar-refractivity contribution >= 4 is 5.69 Å². The molecule has 108 valence electrons. The molecule has 0 saturated carbocycles. The van der Waals surface area contributed by atoms with Crippen LogP contribution in [0.15, 0.2) is 24.3 Å². The van der Waals surface area contributed by atoms with Crippen LogP contribution >= 0.6 is 0 Å². The summed E-state index contributed by atoms with van der Waals surface area (Å²) < 4.78 is 0. The fraction of sp³-hybridized carbons (Fsp3) is 0.667. The van der Waals surface area contributed by atoms with Crippen molar-refractivity contribution in [2.24, 2.45) is 0 Å². The fourth-order valence-electron chi connectivity index (χ4n) is 2.60. The van der Waals surface area contributed by atoms with E-state index in [4.69, 9.17) is 5.73 Å². The van der Waals surface area contributed by atoms with E-state index in [0.29, 0.717) is 0 Å². The maximum Gasteiger partial charge on any atom is 0.0314 e. The molecule has 0 heterocycles. The lowest BCUT2D eigenvalue weighted by atomic mass is 9.80. The summed E-state index contributed by atoms with van der Waals surface area (Å²) >= 11 is 0. The van der Waals surface area contributed by atoms with Crippen molar-refractivity contribution < 1.29 is 0 Å². The van der Waals surface area contributed by atoms with Crippen LogP contribution in [0.5, 0.6) is 0 Å². The molecule has 19 heavy (non-hydrogen) atoms. The van der Waals surface area contributed by atoms with Crippen molar-refractivity contribution in [2.45, 2.75) is 77.6 Å². The van der Waals surface area contributed by atoms with Gasteiger partial charge in [0, 0.05) is 5.69 Å². The molecule has 0 radical (unpaired) electrons. The maximum atomic E-state index is 5.75. The van der Waals surface area contributed by atoms with E-state index in [9.17, 15) is 0 Å². The fourth-order valence-corrected chi connectivity index (χ4v) is 2.60. The number of nitrogens with two attached hydrogens (primary N) is 1. The summed E-state index contributed by atoms with van der Waals surface area (Å²) in [5.41, 5.74) is 8.29. The number of benzene rings is 1. The highest BCUT2D eigenvalue weighted by molar-refractivity contribution is 5.41. The number of anilines is 1. The second kappa shape index (κ2) is 8.24. The van der Waals surface area contributed by atoms with Gasteiger partial charge in [0.1, 0.15) is 0 Å². The van der Waals surface area contributed by atoms with Crippen LogP contribution in [0.1, 0.15) is 77.7 Å². The molecule has 0 bridgehead atoms. The van der Waals surface area contributed by atoms with Crippen molar-refractivity contribution in [1.82, 2.24) is 0 Å². The molecule has 2 N–H and O–H groups in total. The molecule has 0 amide bonds. The standard InChI is InChI=1S/C18H31N/c1-4-5-6-7-8-9-10-15-18(2,3)16-11-13-17(19)14-12-16/h11-14H,4-10,15,19H2,1-3H3. The summed E-state index contributed by atoms with van der Waals surface area (Å²) in [4.78, 5) is 0. The third-order valence-electron chi connectivity index (χ3n) is 4.10. The summed E-state index contributed by atoms with van der Waals surface area (Å²) in [5, 5.41) is 0. The second-order valence-electron chi connectivity index (χ2n) is 6.38. The van der Waals surface area contributed by atoms with Crippen molar-refractivity contribution in [2.75, 3.05) is 5.73 Å². The van der Waals surface area contributed by atoms with Gasteiger partial charge in [-0.2, -0.15) is 0 Å². The van der Waals surface area contributed by atoms with Gasteiger partial charge in [-0.15, -0.1) is 0 Å². The second-order valence-corrected chi connectivity index (χ2v) is 6.38. The minimum absolute atomic E-state index is 0.275. The van der Waals surface area contributed by atoms with Crippen molar-refractivity contribution in [1.29, 1.82) is 0 Å². The SMILES string of the molecule is CCCCCCCCCC(C)(C)c1ccc(N)cc1. The summed E-state index contributed by atoms with van der Waals surface area (Å²) in [5.74, 6) is 0. The van der Waals surface area contributed by atoms with E-state index in [1.165, 1.54) is 56.9 Å². The van der Waals surface area contributed by atoms with Gasteiger partial charge in [-0.1, -0.05) is 77.8 Å². The summed E-state index contributed by atoms with van der Waals surface area (Å²) in [6.45, 7) is 6.96. The van der Waals surface area contributed by atoms with Crippen molar-refractivity contribution in [3.8, 4) is 0 Å². The topological polar surface area (TPSA) is 26.0 Å². The van der Waals surface area contributed by atoms with E-state index in [2.05, 4.69) is 32.9 Å². The molecule has 0 aliphatic heterocycles. The van der Waals surface area contributed by atoms with Crippen LogP contribution in [0.3, 0.4) is 0 Å². The zero-order valence-electron chi connectivity index (χ0n) is 13.0. The molecule has 0 fully saturated rings. The van der Waals surface area contributed by atoms with Gasteiger partial charge in [0.25, 0.3) is 0 Å². The molecule has 0 saturated heterocycles. The number of unbranched alkanes of at least 4 members (excludes halogenated alkanes) is 6. The van der Waals surface area contributed by atoms with E-state index in [0.717, 1.165) is 5.69 Å². The van der Waals surface area contributed by atoms with Crippen molar-refractivity contribution in [3.05, 3.63) is 29.8 Å². The first-order valence-electron chi connectivity index (χ1n) is 7.92. The van der Waals surface area contributed by atoms with E-state index in [1.807, 2.05) is 12.1 Å². The predicted molar refractivity (Wildman–Crippen MR) is 86.5 cm³/mol. The average molecular weight is 261 g/mol. The quantitative estimate of drug-likeness (QED) is 0.448. The smallest absolute Gasteiger partial charge is 0.0314 e. The van der Waals surface area contributed by atoms with Gasteiger partial charge in [-0.3, -0.25) is 0 Å². The summed E-state index contributed by atoms with van der Waals surface area (Å²) in [7, 11) is 0. The molecule has 0 spiro atoms. The van der Waals surface area contributed by atoms with Crippen LogP contribution in [0.25, 0.3) is 0 Å². The lowest BCUT2D eigenvalue weighted by Crippen LogP contribution is -2.16. The first kappa shape index (κ1) is 16.1. The Labute approximate surface area is 119 Å². The van der Waals surface area contributed by atoms with Gasteiger partial charge in [0.15, 0.2) is 0 Å². The summed E-state index contributed by atoms with van der Waals surface area (Å²) in [6, 6.07) is 8.39. The van der Waals surface area contributed by atoms with Crippen LogP contribution in [0.2, 0.25) is 0 Å². The highest BCUT2D eigenvalue weighted by Gasteiger charge is 2.19. The zero-order valence-corrected chi connectivity index (χ0v) is 13.0. The largest absolute Gasteiger partial charge is 0.399 e. The van der Waals surface area contributed by atoms with Gasteiger partial charge >= 0.3 is 0 Å². The first-order valence-corrected chi connectivity index (χ1v) is 7.92. The Hall–Kier alpha value is -0.980. The lowest BCUT2D eigenvalue weighted by molar-refractivity contribution is 0.442. The molecule has 0 aliphatic carbocycles. The summed E-state index contributed by atoms with van der Waals surface area (Å²) in [6.07, 6.45) is 10.9. The number of hydrogen-bond acceptors (Lipinski definition) is 1. The molecule has 1 aromatic rings. The molecular formula is C18H31N. The Bertz CT molecular complexity index is 337. The van der Waals surface area contributed by atoms with Crippen LogP contribution in [0, 0.1) is 0 Å². The van der Waals surface area contributed by atoms with Gasteiger partial charge in [0.2, 0.25) is 0 Å². The Kier molecular flexibility index (Phi) is 6.97. The Morgan fingerprint density at radius 2 is 1.37 bits per heavy atom. The molecule has 1 rings (SSSR count). The van der Waals surface area contributed by atoms with Gasteiger partial charge < -0.3 is 5.73 Å². The molecular weight excluding hydrogens is 230 g/mol. The minimum Gasteiger partial charge on any atom is -0.399 e. The minimum atomic E-state index is 0.275. The first-order chi connectivity index (χ1) is 9.06. The van der Waals surface area contributed by atoms with Crippen LogP contribution in [0.4, 0.5) is 5.69 Å². The van der Waals surface area contributed by atoms with Gasteiger partial charge in [-0.25, -0.2) is 0 Å². The molecule has 1 aromatic carbocycles. The predicted octanol–water partition coefficient (Wildman–Crippen LogP) is 5.69. The molecule has 0 atom stereocenters. The number of hydrogen-bond donors (Lipinski definition) is 1. The monoisotopic (exact) mass is 261 g/mol. The lowest BCUT2D eigenvalue weighted by Gasteiger charge is -2.25. The van der Waals surface area contributed by atoms with Crippen molar-refractivity contribution in [3.63, 3.8) is 0 Å². The molecule has 0 aliphatic rings. The van der Waals surface area contributed by atoms with Crippen LogP contribution in [-0.2, 0) is 5.41 Å². The molecule has 1 nitrogen and oxygen atoms in total. The van der Waals surface area contributed by atoms with E-state index >= 15 is 0 Å². The van der Waals surface area contributed by atoms with E-state index in [-0.39, 0.29) is 5.41 Å². The maximum absolute atomic E-state index is 5.75. The Morgan fingerprint density at radius 1 is 0.842 bits per heavy atom. The van der Waals surface area contributed by atoms with Gasteiger partial charge in [0.05, 0.1) is 0 Å². The third kappa shape index (κ3) is 6.13. The normalized spacial score (nSPS) is 11.7. The van der Waals surface area contributed by atoms with E-state index in [1.54, 1.807) is 0 Å². The average Bonchev–Trinajstić information content (AvgIpc) is 2.38. The molecule has 0 aromatic heterocycles. The Morgan fingerprint density at radius 3 is 1.95 bits per heavy atom. The molecule has 1 heteroatoms.